The Hall–Kier alpha value is -2.35. The van der Waals surface area contributed by atoms with E-state index >= 15 is 0 Å². The average Bonchev–Trinajstić information content (AvgIpc) is 3.08. The zero-order valence-corrected chi connectivity index (χ0v) is 21.8. The first-order valence-electron chi connectivity index (χ1n) is 10.3. The highest BCUT2D eigenvalue weighted by atomic mass is 35.5. The summed E-state index contributed by atoms with van der Waals surface area (Å²) >= 11 is 25.6. The monoisotopic (exact) mass is 567 g/mol. The van der Waals surface area contributed by atoms with Gasteiger partial charge in [-0.1, -0.05) is 70.7 Å². The van der Waals surface area contributed by atoms with Gasteiger partial charge in [0.1, 0.15) is 19.0 Å². The van der Waals surface area contributed by atoms with Crippen molar-refractivity contribution in [2.24, 2.45) is 0 Å². The molecule has 1 aliphatic rings. The normalized spacial score (nSPS) is 14.6. The second kappa shape index (κ2) is 11.6. The zero-order chi connectivity index (χ0) is 24.9. The van der Waals surface area contributed by atoms with Crippen molar-refractivity contribution in [2.45, 2.75) is 6.61 Å². The van der Waals surface area contributed by atoms with Crippen LogP contribution in [0.25, 0.3) is 6.08 Å². The van der Waals surface area contributed by atoms with Crippen LogP contribution in [0.15, 0.2) is 65.6 Å². The van der Waals surface area contributed by atoms with Crippen molar-refractivity contribution >= 4 is 75.4 Å². The number of rotatable bonds is 8. The lowest BCUT2D eigenvalue weighted by molar-refractivity contribution is -0.123. The minimum Gasteiger partial charge on any atom is -0.492 e. The van der Waals surface area contributed by atoms with Crippen molar-refractivity contribution in [3.63, 3.8) is 0 Å². The molecule has 0 unspecified atom stereocenters. The first-order valence-corrected chi connectivity index (χ1v) is 12.6. The van der Waals surface area contributed by atoms with E-state index in [9.17, 15) is 9.59 Å². The summed E-state index contributed by atoms with van der Waals surface area (Å²) in [6, 6.07) is 17.6. The van der Waals surface area contributed by atoms with Gasteiger partial charge in [0, 0.05) is 0 Å². The number of carbonyl (C=O) groups is 2. The van der Waals surface area contributed by atoms with Gasteiger partial charge in [-0.25, -0.2) is 0 Å². The Labute approximate surface area is 226 Å². The topological polar surface area (TPSA) is 55.8 Å². The molecule has 0 aliphatic carbocycles. The summed E-state index contributed by atoms with van der Waals surface area (Å²) in [5.74, 6) is 0.562. The van der Waals surface area contributed by atoms with Crippen LogP contribution in [0.3, 0.4) is 0 Å². The summed E-state index contributed by atoms with van der Waals surface area (Å²) in [7, 11) is 0. The standard InChI is InChI=1S/C25H17Cl4NO4S/c26-18-7-6-15(10-19(18)27)14-34-23-20(28)11-16(12-21(23)29)13-22-24(31)30(25(32)35-22)8-9-33-17-4-2-1-3-5-17/h1-7,10-13H,8-9,14H2/b22-13-. The fourth-order valence-electron chi connectivity index (χ4n) is 3.20. The van der Waals surface area contributed by atoms with Gasteiger partial charge < -0.3 is 9.47 Å². The maximum Gasteiger partial charge on any atom is 0.293 e. The SMILES string of the molecule is O=C1S/C(=C\c2cc(Cl)c(OCc3ccc(Cl)c(Cl)c3)c(Cl)c2)C(=O)N1CCOc1ccccc1. The second-order valence-electron chi connectivity index (χ2n) is 7.35. The number of hydrogen-bond acceptors (Lipinski definition) is 5. The van der Waals surface area contributed by atoms with Crippen molar-refractivity contribution in [2.75, 3.05) is 13.2 Å². The van der Waals surface area contributed by atoms with Crippen molar-refractivity contribution in [3.05, 3.63) is 96.8 Å². The van der Waals surface area contributed by atoms with Crippen molar-refractivity contribution in [1.29, 1.82) is 0 Å². The van der Waals surface area contributed by atoms with Crippen LogP contribution in [-0.2, 0) is 11.4 Å². The number of amides is 2. The van der Waals surface area contributed by atoms with Gasteiger partial charge in [-0.2, -0.15) is 0 Å². The van der Waals surface area contributed by atoms with Crippen molar-refractivity contribution in [1.82, 2.24) is 4.90 Å². The third-order valence-electron chi connectivity index (χ3n) is 4.89. The molecule has 4 rings (SSSR count). The molecule has 2 amide bonds. The molecule has 1 fully saturated rings. The first-order chi connectivity index (χ1) is 16.8. The Morgan fingerprint density at radius 1 is 0.829 bits per heavy atom. The van der Waals surface area contributed by atoms with Crippen LogP contribution in [0.2, 0.25) is 20.1 Å². The highest BCUT2D eigenvalue weighted by Gasteiger charge is 2.34. The van der Waals surface area contributed by atoms with E-state index in [1.807, 2.05) is 18.2 Å². The molecular weight excluding hydrogens is 552 g/mol. The molecule has 3 aromatic rings. The molecule has 0 aromatic heterocycles. The van der Waals surface area contributed by atoms with Crippen molar-refractivity contribution < 1.29 is 19.1 Å². The Kier molecular flexibility index (Phi) is 8.52. The smallest absolute Gasteiger partial charge is 0.293 e. The lowest BCUT2D eigenvalue weighted by atomic mass is 10.2. The van der Waals surface area contributed by atoms with E-state index in [2.05, 4.69) is 0 Å². The van der Waals surface area contributed by atoms with E-state index < -0.39 is 5.91 Å². The van der Waals surface area contributed by atoms with Gasteiger partial charge >= 0.3 is 0 Å². The number of hydrogen-bond donors (Lipinski definition) is 0. The van der Waals surface area contributed by atoms with E-state index in [0.29, 0.717) is 27.1 Å². The Morgan fingerprint density at radius 2 is 1.54 bits per heavy atom. The highest BCUT2D eigenvalue weighted by Crippen LogP contribution is 2.38. The summed E-state index contributed by atoms with van der Waals surface area (Å²) in [5.41, 5.74) is 1.36. The summed E-state index contributed by atoms with van der Waals surface area (Å²) in [6.07, 6.45) is 1.57. The van der Waals surface area contributed by atoms with Crippen molar-refractivity contribution in [3.8, 4) is 11.5 Å². The van der Waals surface area contributed by atoms with Gasteiger partial charge in [0.15, 0.2) is 5.75 Å². The molecule has 1 saturated heterocycles. The number of carbonyl (C=O) groups excluding carboxylic acids is 2. The quantitative estimate of drug-likeness (QED) is 0.258. The van der Waals surface area contributed by atoms with Gasteiger partial charge in [-0.05, 0) is 65.4 Å². The Bertz CT molecular complexity index is 1280. The molecule has 0 saturated carbocycles. The molecule has 1 aliphatic heterocycles. The number of benzene rings is 3. The van der Waals surface area contributed by atoms with Crippen LogP contribution < -0.4 is 9.47 Å². The van der Waals surface area contributed by atoms with Gasteiger partial charge in [-0.3, -0.25) is 14.5 Å². The number of nitrogens with zero attached hydrogens (tertiary/aromatic N) is 1. The third kappa shape index (κ3) is 6.46. The predicted molar refractivity (Wildman–Crippen MR) is 142 cm³/mol. The number of ether oxygens (including phenoxy) is 2. The van der Waals surface area contributed by atoms with E-state index in [0.717, 1.165) is 22.2 Å². The molecule has 1 heterocycles. The van der Waals surface area contributed by atoms with Gasteiger partial charge in [0.2, 0.25) is 0 Å². The van der Waals surface area contributed by atoms with Crippen LogP contribution in [0.4, 0.5) is 4.79 Å². The molecule has 0 N–H and O–H groups in total. The molecule has 0 atom stereocenters. The van der Waals surface area contributed by atoms with Crippen LogP contribution in [-0.4, -0.2) is 29.2 Å². The predicted octanol–water partition coefficient (Wildman–Crippen LogP) is 7.99. The van der Waals surface area contributed by atoms with E-state index in [1.54, 1.807) is 48.5 Å². The lowest BCUT2D eigenvalue weighted by Crippen LogP contribution is -2.32. The molecule has 10 heteroatoms. The Balaban J connectivity index is 1.41. The van der Waals surface area contributed by atoms with Crippen LogP contribution in [0.5, 0.6) is 11.5 Å². The minimum atomic E-state index is -0.399. The van der Waals surface area contributed by atoms with Crippen LogP contribution >= 0.6 is 58.2 Å². The van der Waals surface area contributed by atoms with Crippen LogP contribution in [0, 0.1) is 0 Å². The van der Waals surface area contributed by atoms with Gasteiger partial charge in [-0.15, -0.1) is 0 Å². The molecular formula is C25H17Cl4NO4S. The molecule has 180 valence electrons. The fourth-order valence-corrected chi connectivity index (χ4v) is 5.00. The van der Waals surface area contributed by atoms with Crippen LogP contribution in [0.1, 0.15) is 11.1 Å². The molecule has 0 radical (unpaired) electrons. The van der Waals surface area contributed by atoms with E-state index in [4.69, 9.17) is 55.9 Å². The largest absolute Gasteiger partial charge is 0.492 e. The molecule has 0 spiro atoms. The van der Waals surface area contributed by atoms with E-state index in [-0.39, 0.29) is 39.9 Å². The number of thioether (sulfide) groups is 1. The molecule has 5 nitrogen and oxygen atoms in total. The summed E-state index contributed by atoms with van der Waals surface area (Å²) < 4.78 is 11.4. The fraction of sp³-hybridized carbons (Fsp3) is 0.120. The minimum absolute atomic E-state index is 0.139. The zero-order valence-electron chi connectivity index (χ0n) is 18.0. The van der Waals surface area contributed by atoms with Gasteiger partial charge in [0.05, 0.1) is 31.5 Å². The van der Waals surface area contributed by atoms with Gasteiger partial charge in [0.25, 0.3) is 11.1 Å². The number of para-hydroxylation sites is 1. The average molecular weight is 569 g/mol. The molecule has 3 aromatic carbocycles. The third-order valence-corrected chi connectivity index (χ3v) is 7.09. The summed E-state index contributed by atoms with van der Waals surface area (Å²) in [5, 5.41) is 1.03. The molecule has 35 heavy (non-hydrogen) atoms. The lowest BCUT2D eigenvalue weighted by Gasteiger charge is -2.13. The summed E-state index contributed by atoms with van der Waals surface area (Å²) in [4.78, 5) is 26.5. The first kappa shape index (κ1) is 25.7. The highest BCUT2D eigenvalue weighted by molar-refractivity contribution is 8.18. The number of imide groups is 1. The maximum atomic E-state index is 12.8. The second-order valence-corrected chi connectivity index (χ2v) is 9.97. The Morgan fingerprint density at radius 3 is 2.23 bits per heavy atom. The maximum absolute atomic E-state index is 12.8. The summed E-state index contributed by atoms with van der Waals surface area (Å²) in [6.45, 7) is 0.511. The van der Waals surface area contributed by atoms with E-state index in [1.165, 1.54) is 0 Å². The molecule has 0 bridgehead atoms. The number of halogens is 4.